The number of oxazole rings is 1. The fourth-order valence-corrected chi connectivity index (χ4v) is 3.32. The van der Waals surface area contributed by atoms with Crippen LogP contribution in [0, 0.1) is 0 Å². The molecule has 1 fully saturated rings. The number of carbonyl (C=O) groups excluding carboxylic acids is 1. The first-order valence-electron chi connectivity index (χ1n) is 5.19. The maximum Gasteiger partial charge on any atom is 0.197 e. The lowest BCUT2D eigenvalue weighted by atomic mass is 10.0. The van der Waals surface area contributed by atoms with Gasteiger partial charge in [-0.1, -0.05) is 0 Å². The van der Waals surface area contributed by atoms with Crippen molar-refractivity contribution >= 4 is 16.1 Å². The number of carbonyl (C=O) groups is 1. The largest absolute Gasteiger partial charge is 0.448 e. The molecule has 0 amide bonds. The second-order valence-electron chi connectivity index (χ2n) is 3.97. The van der Waals surface area contributed by atoms with Crippen molar-refractivity contribution in [3.05, 3.63) is 17.8 Å². The second kappa shape index (κ2) is 4.37. The highest BCUT2D eigenvalue weighted by Gasteiger charge is 2.27. The van der Waals surface area contributed by atoms with Crippen LogP contribution in [-0.2, 0) is 21.1 Å². The molecule has 0 aliphatic carbocycles. The summed E-state index contributed by atoms with van der Waals surface area (Å²) < 4.78 is 27.7. The summed E-state index contributed by atoms with van der Waals surface area (Å²) in [6, 6.07) is 0. The van der Waals surface area contributed by atoms with Crippen LogP contribution in [-0.4, -0.2) is 31.2 Å². The van der Waals surface area contributed by atoms with Gasteiger partial charge in [0.15, 0.2) is 5.89 Å². The molecule has 1 aromatic rings. The zero-order valence-electron chi connectivity index (χ0n) is 8.76. The lowest BCUT2D eigenvalue weighted by molar-refractivity contribution is -0.107. The summed E-state index contributed by atoms with van der Waals surface area (Å²) in [6.07, 6.45) is 3.60. The molecule has 16 heavy (non-hydrogen) atoms. The monoisotopic (exact) mass is 243 g/mol. The van der Waals surface area contributed by atoms with Crippen molar-refractivity contribution in [1.29, 1.82) is 0 Å². The molecule has 0 N–H and O–H groups in total. The van der Waals surface area contributed by atoms with Crippen molar-refractivity contribution in [3.63, 3.8) is 0 Å². The molecular formula is C10H13NO4S. The molecule has 5 nitrogen and oxygen atoms in total. The maximum atomic E-state index is 11.2. The Bertz CT molecular complexity index is 463. The molecular weight excluding hydrogens is 230 g/mol. The fourth-order valence-electron chi connectivity index (χ4n) is 1.83. The minimum absolute atomic E-state index is 0.0731. The van der Waals surface area contributed by atoms with E-state index < -0.39 is 9.84 Å². The van der Waals surface area contributed by atoms with Gasteiger partial charge >= 0.3 is 0 Å². The first-order valence-corrected chi connectivity index (χ1v) is 7.01. The van der Waals surface area contributed by atoms with E-state index >= 15 is 0 Å². The number of aldehydes is 1. The van der Waals surface area contributed by atoms with Gasteiger partial charge in [0.2, 0.25) is 0 Å². The summed E-state index contributed by atoms with van der Waals surface area (Å²) in [5.41, 5.74) is 0.610. The van der Waals surface area contributed by atoms with Gasteiger partial charge in [-0.2, -0.15) is 0 Å². The smallest absolute Gasteiger partial charge is 0.197 e. The van der Waals surface area contributed by atoms with Crippen molar-refractivity contribution in [1.82, 2.24) is 4.98 Å². The van der Waals surface area contributed by atoms with Crippen LogP contribution in [0.15, 0.2) is 10.7 Å². The van der Waals surface area contributed by atoms with Crippen molar-refractivity contribution < 1.29 is 17.6 Å². The van der Waals surface area contributed by atoms with Crippen molar-refractivity contribution in [3.8, 4) is 0 Å². The predicted octanol–water partition coefficient (Wildman–Crippen LogP) is 0.708. The standard InChI is InChI=1S/C10H13NO4S/c12-4-1-9-7-15-10(11-9)8-2-5-16(13,14)6-3-8/h4,7-8H,1-3,5-6H2. The number of aromatic nitrogens is 1. The zero-order chi connectivity index (χ0) is 11.6. The molecule has 0 aromatic carbocycles. The third kappa shape index (κ3) is 2.49. The van der Waals surface area contributed by atoms with Crippen LogP contribution in [0.2, 0.25) is 0 Å². The van der Waals surface area contributed by atoms with E-state index in [1.165, 1.54) is 6.26 Å². The SMILES string of the molecule is O=CCc1coc(C2CCS(=O)(=O)CC2)n1. The van der Waals surface area contributed by atoms with Crippen LogP contribution in [0.25, 0.3) is 0 Å². The molecule has 1 aromatic heterocycles. The molecule has 1 aliphatic heterocycles. The lowest BCUT2D eigenvalue weighted by Gasteiger charge is -2.18. The second-order valence-corrected chi connectivity index (χ2v) is 6.28. The summed E-state index contributed by atoms with van der Waals surface area (Å²) in [5.74, 6) is 1.03. The van der Waals surface area contributed by atoms with Gasteiger partial charge in [0.05, 0.1) is 17.2 Å². The van der Waals surface area contributed by atoms with Crippen LogP contribution in [0.5, 0.6) is 0 Å². The van der Waals surface area contributed by atoms with Gasteiger partial charge in [0.1, 0.15) is 22.4 Å². The molecule has 6 heteroatoms. The highest BCUT2D eigenvalue weighted by Crippen LogP contribution is 2.28. The Morgan fingerprint density at radius 2 is 2.12 bits per heavy atom. The molecule has 1 saturated heterocycles. The van der Waals surface area contributed by atoms with E-state index in [0.717, 1.165) is 6.29 Å². The van der Waals surface area contributed by atoms with Gasteiger partial charge < -0.3 is 9.21 Å². The molecule has 2 rings (SSSR count). The Kier molecular flexibility index (Phi) is 3.09. The number of sulfone groups is 1. The molecule has 0 saturated carbocycles. The number of rotatable bonds is 3. The van der Waals surface area contributed by atoms with Crippen molar-refractivity contribution in [2.24, 2.45) is 0 Å². The average molecular weight is 243 g/mol. The lowest BCUT2D eigenvalue weighted by Crippen LogP contribution is -2.22. The van der Waals surface area contributed by atoms with Gasteiger partial charge in [0.25, 0.3) is 0 Å². The molecule has 0 spiro atoms. The molecule has 88 valence electrons. The van der Waals surface area contributed by atoms with Crippen LogP contribution in [0.3, 0.4) is 0 Å². The minimum atomic E-state index is -2.85. The Morgan fingerprint density at radius 1 is 1.44 bits per heavy atom. The molecule has 0 unspecified atom stereocenters. The van der Waals surface area contributed by atoms with Crippen LogP contribution >= 0.6 is 0 Å². The van der Waals surface area contributed by atoms with Crippen LogP contribution in [0.1, 0.15) is 30.3 Å². The molecule has 0 radical (unpaired) electrons. The van der Waals surface area contributed by atoms with Gasteiger partial charge in [-0.15, -0.1) is 0 Å². The first-order chi connectivity index (χ1) is 7.61. The van der Waals surface area contributed by atoms with Crippen molar-refractivity contribution in [2.45, 2.75) is 25.2 Å². The molecule has 0 atom stereocenters. The van der Waals surface area contributed by atoms with E-state index in [-0.39, 0.29) is 23.8 Å². The third-order valence-corrected chi connectivity index (χ3v) is 4.48. The summed E-state index contributed by atoms with van der Waals surface area (Å²) in [7, 11) is -2.85. The van der Waals surface area contributed by atoms with Crippen LogP contribution in [0.4, 0.5) is 0 Å². The topological polar surface area (TPSA) is 77.2 Å². The first kappa shape index (κ1) is 11.3. The van der Waals surface area contributed by atoms with E-state index in [9.17, 15) is 13.2 Å². The van der Waals surface area contributed by atoms with Gasteiger partial charge in [-0.3, -0.25) is 0 Å². The Balaban J connectivity index is 2.05. The van der Waals surface area contributed by atoms with Crippen molar-refractivity contribution in [2.75, 3.05) is 11.5 Å². The summed E-state index contributed by atoms with van der Waals surface area (Å²) >= 11 is 0. The highest BCUT2D eigenvalue weighted by atomic mass is 32.2. The van der Waals surface area contributed by atoms with E-state index in [4.69, 9.17) is 4.42 Å². The van der Waals surface area contributed by atoms with Gasteiger partial charge in [0, 0.05) is 12.3 Å². The quantitative estimate of drug-likeness (QED) is 0.730. The predicted molar refractivity (Wildman–Crippen MR) is 56.9 cm³/mol. The number of hydrogen-bond acceptors (Lipinski definition) is 5. The normalized spacial score (nSPS) is 20.8. The Labute approximate surface area is 93.8 Å². The molecule has 2 heterocycles. The summed E-state index contributed by atoms with van der Waals surface area (Å²) in [6.45, 7) is 0. The van der Waals surface area contributed by atoms with Gasteiger partial charge in [-0.25, -0.2) is 13.4 Å². The Hall–Kier alpha value is -1.17. The average Bonchev–Trinajstić information content (AvgIpc) is 2.67. The zero-order valence-corrected chi connectivity index (χ0v) is 9.57. The third-order valence-electron chi connectivity index (χ3n) is 2.77. The van der Waals surface area contributed by atoms with Crippen LogP contribution < -0.4 is 0 Å². The Morgan fingerprint density at radius 3 is 2.75 bits per heavy atom. The summed E-state index contributed by atoms with van der Waals surface area (Å²) in [4.78, 5) is 14.5. The number of hydrogen-bond donors (Lipinski definition) is 0. The highest BCUT2D eigenvalue weighted by molar-refractivity contribution is 7.91. The van der Waals surface area contributed by atoms with E-state index in [1.807, 2.05) is 0 Å². The molecule has 1 aliphatic rings. The fraction of sp³-hybridized carbons (Fsp3) is 0.600. The van der Waals surface area contributed by atoms with E-state index in [1.54, 1.807) is 0 Å². The van der Waals surface area contributed by atoms with Gasteiger partial charge in [-0.05, 0) is 12.8 Å². The minimum Gasteiger partial charge on any atom is -0.448 e. The van der Waals surface area contributed by atoms with E-state index in [2.05, 4.69) is 4.98 Å². The number of nitrogens with zero attached hydrogens (tertiary/aromatic N) is 1. The summed E-state index contributed by atoms with van der Waals surface area (Å²) in [5, 5.41) is 0. The maximum absolute atomic E-state index is 11.2. The van der Waals surface area contributed by atoms with E-state index in [0.29, 0.717) is 24.4 Å². The molecule has 0 bridgehead atoms.